The molecular formula is C22H22F6N2O4S. The van der Waals surface area contributed by atoms with Crippen LogP contribution in [0.25, 0.3) is 0 Å². The van der Waals surface area contributed by atoms with E-state index in [0.717, 1.165) is 4.31 Å². The van der Waals surface area contributed by atoms with Gasteiger partial charge in [0.15, 0.2) is 5.78 Å². The topological polar surface area (TPSA) is 66.9 Å². The normalized spacial score (nSPS) is 16.3. The first-order valence-corrected chi connectivity index (χ1v) is 11.8. The fraction of sp³-hybridized carbons (Fsp3) is 0.409. The van der Waals surface area contributed by atoms with Crippen molar-refractivity contribution in [3.05, 3.63) is 59.2 Å². The fourth-order valence-electron chi connectivity index (χ4n) is 3.62. The van der Waals surface area contributed by atoms with Gasteiger partial charge in [-0.05, 0) is 30.3 Å². The first kappa shape index (κ1) is 27.0. The summed E-state index contributed by atoms with van der Waals surface area (Å²) < 4.78 is 110. The molecule has 1 heterocycles. The Morgan fingerprint density at radius 1 is 0.914 bits per heavy atom. The molecule has 1 fully saturated rings. The highest BCUT2D eigenvalue weighted by atomic mass is 32.2. The van der Waals surface area contributed by atoms with Crippen LogP contribution in [0, 0.1) is 0 Å². The Bertz CT molecular complexity index is 1140. The number of hydrogen-bond donors (Lipinski definition) is 0. The van der Waals surface area contributed by atoms with E-state index >= 15 is 0 Å². The maximum absolute atomic E-state index is 13.1. The number of carbonyl (C=O) groups is 1. The molecule has 35 heavy (non-hydrogen) atoms. The van der Waals surface area contributed by atoms with E-state index in [2.05, 4.69) is 0 Å². The van der Waals surface area contributed by atoms with Crippen LogP contribution in [0.4, 0.5) is 26.3 Å². The van der Waals surface area contributed by atoms with E-state index in [1.54, 1.807) is 29.2 Å². The molecule has 0 saturated carbocycles. The van der Waals surface area contributed by atoms with E-state index in [1.165, 1.54) is 7.11 Å². The molecular weight excluding hydrogens is 502 g/mol. The number of nitrogens with zero attached hydrogens (tertiary/aromatic N) is 2. The Hall–Kier alpha value is -2.64. The summed E-state index contributed by atoms with van der Waals surface area (Å²) in [6.07, 6.45) is -10.2. The maximum Gasteiger partial charge on any atom is 0.416 e. The van der Waals surface area contributed by atoms with Crippen molar-refractivity contribution in [3.8, 4) is 5.75 Å². The lowest BCUT2D eigenvalue weighted by atomic mass is 10.1. The molecule has 0 aliphatic carbocycles. The van der Waals surface area contributed by atoms with Crippen molar-refractivity contribution in [2.75, 3.05) is 39.8 Å². The van der Waals surface area contributed by atoms with Crippen LogP contribution in [-0.4, -0.2) is 63.2 Å². The van der Waals surface area contributed by atoms with Crippen LogP contribution in [0.5, 0.6) is 5.75 Å². The van der Waals surface area contributed by atoms with Crippen molar-refractivity contribution in [3.63, 3.8) is 0 Å². The number of ether oxygens (including phenoxy) is 1. The average Bonchev–Trinajstić information content (AvgIpc) is 2.81. The highest BCUT2D eigenvalue weighted by Gasteiger charge is 2.39. The number of benzene rings is 2. The second-order valence-electron chi connectivity index (χ2n) is 7.89. The van der Waals surface area contributed by atoms with Crippen LogP contribution in [0.2, 0.25) is 0 Å². The molecule has 0 aromatic heterocycles. The zero-order valence-electron chi connectivity index (χ0n) is 18.5. The molecule has 0 amide bonds. The summed E-state index contributed by atoms with van der Waals surface area (Å²) >= 11 is 0. The van der Waals surface area contributed by atoms with Crippen molar-refractivity contribution in [2.45, 2.75) is 23.7 Å². The highest BCUT2D eigenvalue weighted by molar-refractivity contribution is 7.89. The molecule has 0 spiro atoms. The van der Waals surface area contributed by atoms with Gasteiger partial charge in [0.2, 0.25) is 10.0 Å². The number of carbonyl (C=O) groups excluding carboxylic acids is 1. The number of hydrogen-bond acceptors (Lipinski definition) is 5. The summed E-state index contributed by atoms with van der Waals surface area (Å²) in [5.41, 5.74) is -2.93. The number of sulfonamides is 1. The van der Waals surface area contributed by atoms with Gasteiger partial charge in [0.05, 0.1) is 23.1 Å². The summed E-state index contributed by atoms with van der Waals surface area (Å²) in [6.45, 7) is 0.345. The molecule has 3 rings (SSSR count). The van der Waals surface area contributed by atoms with E-state index in [9.17, 15) is 39.6 Å². The predicted octanol–water partition coefficient (Wildman–Crippen LogP) is 4.31. The second kappa shape index (κ2) is 10.2. The number of Topliss-reactive ketones (excluding diaryl/α,β-unsaturated/α-hetero) is 1. The van der Waals surface area contributed by atoms with Gasteiger partial charge in [0.1, 0.15) is 5.75 Å². The van der Waals surface area contributed by atoms with E-state index in [4.69, 9.17) is 4.74 Å². The monoisotopic (exact) mass is 524 g/mol. The van der Waals surface area contributed by atoms with Gasteiger partial charge in [-0.25, -0.2) is 8.42 Å². The lowest BCUT2D eigenvalue weighted by Gasteiger charge is -2.34. The van der Waals surface area contributed by atoms with Crippen LogP contribution < -0.4 is 4.74 Å². The minimum Gasteiger partial charge on any atom is -0.497 e. The zero-order chi connectivity index (χ0) is 26.0. The molecule has 0 radical (unpaired) electrons. The van der Waals surface area contributed by atoms with E-state index < -0.39 is 38.4 Å². The molecule has 192 valence electrons. The van der Waals surface area contributed by atoms with Gasteiger partial charge in [-0.15, -0.1) is 0 Å². The number of alkyl halides is 6. The largest absolute Gasteiger partial charge is 0.497 e. The third kappa shape index (κ3) is 6.53. The molecule has 1 aliphatic rings. The summed E-state index contributed by atoms with van der Waals surface area (Å²) in [4.78, 5) is 13.2. The molecule has 0 unspecified atom stereocenters. The van der Waals surface area contributed by atoms with Crippen molar-refractivity contribution in [2.24, 2.45) is 0 Å². The number of piperazine rings is 1. The van der Waals surface area contributed by atoms with Crippen molar-refractivity contribution >= 4 is 15.8 Å². The van der Waals surface area contributed by atoms with Crippen molar-refractivity contribution < 1.29 is 44.3 Å². The number of rotatable bonds is 7. The number of ketones is 1. The smallest absolute Gasteiger partial charge is 0.416 e. The summed E-state index contributed by atoms with van der Waals surface area (Å²) in [7, 11) is -3.13. The summed E-state index contributed by atoms with van der Waals surface area (Å²) in [5.74, 6) is 0.376. The van der Waals surface area contributed by atoms with Crippen LogP contribution in [0.1, 0.15) is 27.9 Å². The Labute approximate surface area is 198 Å². The molecule has 1 aliphatic heterocycles. The van der Waals surface area contributed by atoms with Gasteiger partial charge in [-0.2, -0.15) is 30.6 Å². The first-order chi connectivity index (χ1) is 16.2. The standard InChI is InChI=1S/C22H22F6N2O4S/c1-34-18-4-2-3-15(11-18)20(31)5-6-29-7-9-30(10-8-29)35(32,33)19-13-16(21(23,24)25)12-17(14-19)22(26,27)28/h2-4,11-14H,5-10H2,1H3. The molecule has 1 saturated heterocycles. The Kier molecular flexibility index (Phi) is 7.82. The van der Waals surface area contributed by atoms with Crippen molar-refractivity contribution in [1.29, 1.82) is 0 Å². The minimum atomic E-state index is -5.15. The summed E-state index contributed by atoms with van der Waals surface area (Å²) in [6, 6.07) is 6.91. The molecule has 6 nitrogen and oxygen atoms in total. The highest BCUT2D eigenvalue weighted by Crippen LogP contribution is 2.37. The van der Waals surface area contributed by atoms with E-state index in [-0.39, 0.29) is 56.6 Å². The lowest BCUT2D eigenvalue weighted by molar-refractivity contribution is -0.143. The molecule has 2 aromatic rings. The van der Waals surface area contributed by atoms with Gasteiger partial charge >= 0.3 is 12.4 Å². The quantitative estimate of drug-likeness (QED) is 0.399. The van der Waals surface area contributed by atoms with Crippen LogP contribution in [0.15, 0.2) is 47.4 Å². The SMILES string of the molecule is COc1cccc(C(=O)CCN2CCN(S(=O)(=O)c3cc(C(F)(F)F)cc(C(F)(F)F)c3)CC2)c1. The lowest BCUT2D eigenvalue weighted by Crippen LogP contribution is -2.49. The molecule has 0 bridgehead atoms. The van der Waals surface area contributed by atoms with Gasteiger partial charge in [0, 0.05) is 44.7 Å². The maximum atomic E-state index is 13.1. The molecule has 2 aromatic carbocycles. The van der Waals surface area contributed by atoms with Gasteiger partial charge in [-0.3, -0.25) is 4.79 Å². The molecule has 0 atom stereocenters. The fourth-order valence-corrected chi connectivity index (χ4v) is 5.11. The van der Waals surface area contributed by atoms with Crippen molar-refractivity contribution in [1.82, 2.24) is 9.21 Å². The Morgan fingerprint density at radius 2 is 1.49 bits per heavy atom. The number of halogens is 6. The Morgan fingerprint density at radius 3 is 2.00 bits per heavy atom. The second-order valence-corrected chi connectivity index (χ2v) is 9.83. The predicted molar refractivity (Wildman–Crippen MR) is 114 cm³/mol. The minimum absolute atomic E-state index is 0.115. The van der Waals surface area contributed by atoms with E-state index in [0.29, 0.717) is 17.9 Å². The first-order valence-electron chi connectivity index (χ1n) is 10.4. The average molecular weight is 524 g/mol. The zero-order valence-corrected chi connectivity index (χ0v) is 19.3. The summed E-state index contributed by atoms with van der Waals surface area (Å²) in [5, 5.41) is 0. The Balaban J connectivity index is 1.68. The van der Waals surface area contributed by atoms with Gasteiger partial charge < -0.3 is 9.64 Å². The van der Waals surface area contributed by atoms with Crippen LogP contribution >= 0.6 is 0 Å². The third-order valence-corrected chi connectivity index (χ3v) is 7.45. The molecule has 13 heteroatoms. The van der Waals surface area contributed by atoms with Crippen LogP contribution in [-0.2, 0) is 22.4 Å². The van der Waals surface area contributed by atoms with Gasteiger partial charge in [-0.1, -0.05) is 12.1 Å². The van der Waals surface area contributed by atoms with Crippen LogP contribution in [0.3, 0.4) is 0 Å². The van der Waals surface area contributed by atoms with Gasteiger partial charge in [0.25, 0.3) is 0 Å². The van der Waals surface area contributed by atoms with E-state index in [1.807, 2.05) is 0 Å². The molecule has 0 N–H and O–H groups in total. The third-order valence-electron chi connectivity index (χ3n) is 5.58. The number of methoxy groups -OCH3 is 1.